The third-order valence-electron chi connectivity index (χ3n) is 19.3. The van der Waals surface area contributed by atoms with Crippen molar-refractivity contribution in [2.45, 2.75) is 205 Å². The average Bonchev–Trinajstić information content (AvgIpc) is 3.29. The lowest BCUT2D eigenvalue weighted by molar-refractivity contribution is -0.328. The maximum Gasteiger partial charge on any atom is 0.315 e. The number of rotatable bonds is 10. The second-order valence-corrected chi connectivity index (χ2v) is 23.5. The fraction of sp³-hybridized carbons (Fsp3) is 0.918. The van der Waals surface area contributed by atoms with Gasteiger partial charge in [0, 0.05) is 12.3 Å². The molecule has 3 aliphatic heterocycles. The summed E-state index contributed by atoms with van der Waals surface area (Å²) in [5.74, 6) is -1.21. The number of aliphatic hydroxyl groups excluding tert-OH is 10. The van der Waals surface area contributed by atoms with Crippen LogP contribution in [0.25, 0.3) is 0 Å². The van der Waals surface area contributed by atoms with Gasteiger partial charge in [0.1, 0.15) is 61.0 Å². The standard InChI is InChI=1S/C49H78O19/c1-23(52)64-39-32(54)26(53)20-62-42(39)67-31-11-12-45(4)29(46(31,5)22-51)10-13-48(7)30(45)9-8-24-25-18-44(2,3)14-16-49(25,17-15-47(24,48)6)43(61)68-41-38(60)36(58)34(56)28(66-41)21-63-40-37(59)35(57)33(55)27(19-50)65-40/h8,25-42,50-51,53-60H,9-22H2,1-7H3/t25-,26-,27+,28+,29+,30+,31-,32-,33+,34+,35-,36-,37+,38+,39+,40+,41-,42-,45-,46-,47+,48+,49-/m0/s1. The van der Waals surface area contributed by atoms with Crippen LogP contribution in [-0.2, 0) is 42.7 Å². The van der Waals surface area contributed by atoms with E-state index >= 15 is 0 Å². The Kier molecular flexibility index (Phi) is 14.5. The monoisotopic (exact) mass is 971 g/mol. The molecule has 7 fully saturated rings. The number of fused-ring (bicyclic) bond motifs is 7. The van der Waals surface area contributed by atoms with E-state index in [1.54, 1.807) is 0 Å². The zero-order valence-corrected chi connectivity index (χ0v) is 40.5. The maximum atomic E-state index is 15.0. The Labute approximate surface area is 398 Å². The SMILES string of the molecule is CC(=O)O[C@H]1[C@H](O[C@H]2CC[C@@]3(C)[C@@H](CC[C@]4(C)[C@@H]3CC=C3[C@@H]5CC(C)(C)CC[C@]5(C(=O)O[C@@H]5O[C@H](CO[C@@H]6O[C@H](CO)[C@@H](O)[C@H](O)[C@H]6O)[C@@H](O)[C@H](O)[C@H]5O)CC[C@]34C)[C@]2(C)CO)OC[C@H](O)[C@@H]1O. The number of ether oxygens (including phenoxy) is 7. The first-order valence-corrected chi connectivity index (χ1v) is 24.8. The molecule has 0 aromatic rings. The van der Waals surface area contributed by atoms with Crippen molar-refractivity contribution >= 4 is 11.9 Å². The Morgan fingerprint density at radius 3 is 2.01 bits per heavy atom. The van der Waals surface area contributed by atoms with E-state index in [0.717, 1.165) is 32.1 Å². The highest BCUT2D eigenvalue weighted by atomic mass is 16.7. The van der Waals surface area contributed by atoms with Crippen LogP contribution in [0.3, 0.4) is 0 Å². The largest absolute Gasteiger partial charge is 0.454 e. The molecule has 0 spiro atoms. The van der Waals surface area contributed by atoms with Crippen LogP contribution in [0, 0.1) is 50.2 Å². The number of hydrogen-bond acceptors (Lipinski definition) is 19. The quantitative estimate of drug-likeness (QED) is 0.0801. The van der Waals surface area contributed by atoms with Crippen LogP contribution in [0.1, 0.15) is 113 Å². The van der Waals surface area contributed by atoms with E-state index in [2.05, 4.69) is 47.6 Å². The number of carbonyl (C=O) groups is 2. The van der Waals surface area contributed by atoms with Crippen molar-refractivity contribution in [3.63, 3.8) is 0 Å². The normalized spacial score (nSPS) is 52.3. The number of carbonyl (C=O) groups excluding carboxylic acids is 2. The van der Waals surface area contributed by atoms with Gasteiger partial charge < -0.3 is 84.2 Å². The Morgan fingerprint density at radius 2 is 1.35 bits per heavy atom. The molecule has 0 aromatic heterocycles. The van der Waals surface area contributed by atoms with E-state index in [1.807, 2.05) is 0 Å². The first-order valence-electron chi connectivity index (χ1n) is 24.8. The van der Waals surface area contributed by atoms with E-state index in [1.165, 1.54) is 12.5 Å². The van der Waals surface area contributed by atoms with Crippen molar-refractivity contribution in [3.8, 4) is 0 Å². The molecule has 5 aliphatic carbocycles. The van der Waals surface area contributed by atoms with Crippen molar-refractivity contribution in [2.75, 3.05) is 26.4 Å². The summed E-state index contributed by atoms with van der Waals surface area (Å²) in [5.41, 5.74) is -1.39. The molecular formula is C49H78O19. The Morgan fingerprint density at radius 1 is 0.706 bits per heavy atom. The maximum absolute atomic E-state index is 15.0. The van der Waals surface area contributed by atoms with E-state index in [0.29, 0.717) is 32.1 Å². The van der Waals surface area contributed by atoms with Crippen LogP contribution in [0.5, 0.6) is 0 Å². The van der Waals surface area contributed by atoms with Gasteiger partial charge in [0.05, 0.1) is 37.9 Å². The fourth-order valence-electron chi connectivity index (χ4n) is 15.0. The smallest absolute Gasteiger partial charge is 0.315 e. The van der Waals surface area contributed by atoms with Gasteiger partial charge in [-0.25, -0.2) is 0 Å². The number of allylic oxidation sites excluding steroid dienone is 2. The van der Waals surface area contributed by atoms with Gasteiger partial charge in [-0.15, -0.1) is 0 Å². The molecule has 0 unspecified atom stereocenters. The Hall–Kier alpha value is -1.92. The lowest BCUT2D eigenvalue weighted by atomic mass is 9.33. The van der Waals surface area contributed by atoms with Crippen molar-refractivity contribution in [3.05, 3.63) is 11.6 Å². The molecule has 3 heterocycles. The summed E-state index contributed by atoms with van der Waals surface area (Å²) in [6.45, 7) is 13.2. The second kappa shape index (κ2) is 18.8. The van der Waals surface area contributed by atoms with E-state index in [9.17, 15) is 60.7 Å². The Balaban J connectivity index is 1.02. The summed E-state index contributed by atoms with van der Waals surface area (Å²) in [6, 6.07) is 0. The lowest BCUT2D eigenvalue weighted by Crippen LogP contribution is -2.67. The Bertz CT molecular complexity index is 1880. The molecule has 0 amide bonds. The van der Waals surface area contributed by atoms with E-state index < -0.39 is 128 Å². The van der Waals surface area contributed by atoms with Gasteiger partial charge in [-0.3, -0.25) is 9.59 Å². The summed E-state index contributed by atoms with van der Waals surface area (Å²) in [5, 5.41) is 106. The van der Waals surface area contributed by atoms with Gasteiger partial charge >= 0.3 is 11.9 Å². The summed E-state index contributed by atoms with van der Waals surface area (Å²) in [6.07, 6.45) is -12.6. The second-order valence-electron chi connectivity index (χ2n) is 23.5. The number of aliphatic hydroxyl groups is 10. The molecule has 8 rings (SSSR count). The number of hydrogen-bond donors (Lipinski definition) is 10. The van der Waals surface area contributed by atoms with Crippen LogP contribution in [-0.4, -0.2) is 182 Å². The van der Waals surface area contributed by atoms with Crippen molar-refractivity contribution in [1.82, 2.24) is 0 Å². The first-order chi connectivity index (χ1) is 31.8. The van der Waals surface area contributed by atoms with Gasteiger partial charge in [-0.2, -0.15) is 0 Å². The summed E-state index contributed by atoms with van der Waals surface area (Å²) in [7, 11) is 0. The van der Waals surface area contributed by atoms with Crippen molar-refractivity contribution in [1.29, 1.82) is 0 Å². The molecule has 0 radical (unpaired) electrons. The molecule has 4 saturated carbocycles. The third kappa shape index (κ3) is 8.41. The summed E-state index contributed by atoms with van der Waals surface area (Å²) < 4.78 is 40.9. The topological polar surface area (TPSA) is 301 Å². The molecule has 0 bridgehead atoms. The van der Waals surface area contributed by atoms with Gasteiger partial charge in [-0.05, 0) is 104 Å². The highest BCUT2D eigenvalue weighted by Gasteiger charge is 2.70. The van der Waals surface area contributed by atoms with Crippen molar-refractivity contribution in [2.24, 2.45) is 50.2 Å². The molecule has 10 N–H and O–H groups in total. The van der Waals surface area contributed by atoms with Crippen LogP contribution < -0.4 is 0 Å². The minimum absolute atomic E-state index is 0.0233. The highest BCUT2D eigenvalue weighted by molar-refractivity contribution is 5.79. The molecule has 23 atom stereocenters. The van der Waals surface area contributed by atoms with Gasteiger partial charge in [-0.1, -0.05) is 53.2 Å². The van der Waals surface area contributed by atoms with Crippen LogP contribution in [0.4, 0.5) is 0 Å². The minimum Gasteiger partial charge on any atom is -0.454 e. The highest BCUT2D eigenvalue weighted by Crippen LogP contribution is 2.76. The molecule has 68 heavy (non-hydrogen) atoms. The summed E-state index contributed by atoms with van der Waals surface area (Å²) >= 11 is 0. The molecule has 388 valence electrons. The molecular weight excluding hydrogens is 893 g/mol. The van der Waals surface area contributed by atoms with E-state index in [4.69, 9.17) is 33.2 Å². The van der Waals surface area contributed by atoms with Gasteiger partial charge in [0.15, 0.2) is 18.7 Å². The van der Waals surface area contributed by atoms with Crippen LogP contribution >= 0.6 is 0 Å². The molecule has 19 nitrogen and oxygen atoms in total. The predicted octanol–water partition coefficient (Wildman–Crippen LogP) is 0.323. The molecule has 3 saturated heterocycles. The summed E-state index contributed by atoms with van der Waals surface area (Å²) in [4.78, 5) is 27.0. The predicted molar refractivity (Wildman–Crippen MR) is 235 cm³/mol. The van der Waals surface area contributed by atoms with Crippen LogP contribution in [0.2, 0.25) is 0 Å². The first kappa shape index (κ1) is 52.4. The van der Waals surface area contributed by atoms with Gasteiger partial charge in [0.25, 0.3) is 0 Å². The van der Waals surface area contributed by atoms with Crippen molar-refractivity contribution < 1.29 is 93.8 Å². The molecule has 0 aromatic carbocycles. The van der Waals surface area contributed by atoms with E-state index in [-0.39, 0.29) is 52.6 Å². The molecule has 19 heteroatoms. The fourth-order valence-corrected chi connectivity index (χ4v) is 15.0. The lowest BCUT2D eigenvalue weighted by Gasteiger charge is -2.71. The number of esters is 2. The minimum atomic E-state index is -1.82. The zero-order chi connectivity index (χ0) is 49.7. The zero-order valence-electron chi connectivity index (χ0n) is 40.5. The third-order valence-corrected chi connectivity index (χ3v) is 19.3. The average molecular weight is 971 g/mol. The van der Waals surface area contributed by atoms with Gasteiger partial charge in [0.2, 0.25) is 6.29 Å². The van der Waals surface area contributed by atoms with Crippen LogP contribution in [0.15, 0.2) is 11.6 Å². The molecule has 8 aliphatic rings.